The molecule has 4 nitrogen and oxygen atoms in total. The van der Waals surface area contributed by atoms with Gasteiger partial charge in [-0.2, -0.15) is 0 Å². The van der Waals surface area contributed by atoms with Crippen LogP contribution in [-0.2, 0) is 11.3 Å². The van der Waals surface area contributed by atoms with E-state index in [2.05, 4.69) is 14.9 Å². The third-order valence-electron chi connectivity index (χ3n) is 2.38. The van der Waals surface area contributed by atoms with E-state index >= 15 is 0 Å². The summed E-state index contributed by atoms with van der Waals surface area (Å²) in [5.74, 6) is 1.10. The first-order chi connectivity index (χ1) is 6.42. The van der Waals surface area contributed by atoms with Crippen LogP contribution in [0.25, 0.3) is 0 Å². The smallest absolute Gasteiger partial charge is 0.122 e. The Labute approximate surface area is 77.9 Å². The summed E-state index contributed by atoms with van der Waals surface area (Å²) in [5.41, 5.74) is 0. The minimum absolute atomic E-state index is 0.492. The molecule has 0 radical (unpaired) electrons. The van der Waals surface area contributed by atoms with E-state index in [0.717, 1.165) is 32.0 Å². The van der Waals surface area contributed by atoms with Crippen molar-refractivity contribution in [2.24, 2.45) is 0 Å². The van der Waals surface area contributed by atoms with Crippen molar-refractivity contribution in [2.75, 3.05) is 20.3 Å². The fourth-order valence-corrected chi connectivity index (χ4v) is 1.71. The quantitative estimate of drug-likeness (QED) is 0.740. The highest BCUT2D eigenvalue weighted by atomic mass is 16.5. The molecule has 1 aliphatic rings. The molecule has 0 amide bonds. The van der Waals surface area contributed by atoms with Crippen LogP contribution >= 0.6 is 0 Å². The highest BCUT2D eigenvalue weighted by Crippen LogP contribution is 2.19. The second-order valence-corrected chi connectivity index (χ2v) is 3.30. The van der Waals surface area contributed by atoms with Gasteiger partial charge in [0, 0.05) is 19.0 Å². The summed E-state index contributed by atoms with van der Waals surface area (Å²) in [6.07, 6.45) is 4.99. The molecule has 1 saturated heterocycles. The van der Waals surface area contributed by atoms with Gasteiger partial charge >= 0.3 is 0 Å². The molecule has 1 fully saturated rings. The van der Waals surface area contributed by atoms with Crippen LogP contribution in [0.1, 0.15) is 18.3 Å². The number of hydrogen-bond donors (Lipinski definition) is 1. The molecule has 1 aromatic rings. The summed E-state index contributed by atoms with van der Waals surface area (Å²) < 4.78 is 7.56. The fourth-order valence-electron chi connectivity index (χ4n) is 1.71. The minimum atomic E-state index is 0.492. The second-order valence-electron chi connectivity index (χ2n) is 3.30. The van der Waals surface area contributed by atoms with E-state index in [0.29, 0.717) is 6.04 Å². The van der Waals surface area contributed by atoms with Gasteiger partial charge in [-0.15, -0.1) is 0 Å². The van der Waals surface area contributed by atoms with Crippen LogP contribution in [0.2, 0.25) is 0 Å². The molecule has 1 atom stereocenters. The SMILES string of the molecule is CNCc1nccn1C1CCOC1. The van der Waals surface area contributed by atoms with Gasteiger partial charge in [0.25, 0.3) is 0 Å². The van der Waals surface area contributed by atoms with Gasteiger partial charge in [0.15, 0.2) is 0 Å². The summed E-state index contributed by atoms with van der Waals surface area (Å²) in [5, 5.41) is 3.11. The van der Waals surface area contributed by atoms with E-state index in [1.807, 2.05) is 19.4 Å². The van der Waals surface area contributed by atoms with Crippen LogP contribution in [0, 0.1) is 0 Å². The number of imidazole rings is 1. The Bertz CT molecular complexity index is 266. The maximum atomic E-state index is 5.35. The van der Waals surface area contributed by atoms with E-state index < -0.39 is 0 Å². The van der Waals surface area contributed by atoms with Crippen LogP contribution in [-0.4, -0.2) is 29.8 Å². The summed E-state index contributed by atoms with van der Waals surface area (Å²) in [7, 11) is 1.93. The molecule has 2 rings (SSSR count). The van der Waals surface area contributed by atoms with Crippen molar-refractivity contribution in [2.45, 2.75) is 19.0 Å². The lowest BCUT2D eigenvalue weighted by Gasteiger charge is -2.12. The fraction of sp³-hybridized carbons (Fsp3) is 0.667. The molecule has 1 aromatic heterocycles. The number of nitrogens with zero attached hydrogens (tertiary/aromatic N) is 2. The first-order valence-electron chi connectivity index (χ1n) is 4.66. The Morgan fingerprint density at radius 3 is 3.38 bits per heavy atom. The van der Waals surface area contributed by atoms with Crippen LogP contribution in [0.4, 0.5) is 0 Å². The van der Waals surface area contributed by atoms with Gasteiger partial charge in [0.05, 0.1) is 19.2 Å². The van der Waals surface area contributed by atoms with Crippen LogP contribution < -0.4 is 5.32 Å². The lowest BCUT2D eigenvalue weighted by Crippen LogP contribution is -2.16. The Morgan fingerprint density at radius 1 is 1.77 bits per heavy atom. The summed E-state index contributed by atoms with van der Waals surface area (Å²) in [6, 6.07) is 0.492. The van der Waals surface area contributed by atoms with E-state index in [1.165, 1.54) is 0 Å². The molecule has 13 heavy (non-hydrogen) atoms. The van der Waals surface area contributed by atoms with Crippen LogP contribution in [0.3, 0.4) is 0 Å². The molecule has 0 aromatic carbocycles. The van der Waals surface area contributed by atoms with Crippen molar-refractivity contribution in [1.82, 2.24) is 14.9 Å². The van der Waals surface area contributed by atoms with Gasteiger partial charge in [-0.3, -0.25) is 0 Å². The Balaban J connectivity index is 2.13. The molecule has 2 heterocycles. The molecule has 72 valence electrons. The van der Waals surface area contributed by atoms with Gasteiger partial charge in [0.2, 0.25) is 0 Å². The van der Waals surface area contributed by atoms with Gasteiger partial charge in [0.1, 0.15) is 5.82 Å². The normalized spacial score (nSPS) is 22.4. The maximum Gasteiger partial charge on any atom is 0.122 e. The molecule has 1 N–H and O–H groups in total. The van der Waals surface area contributed by atoms with Crippen molar-refractivity contribution in [1.29, 1.82) is 0 Å². The number of ether oxygens (including phenoxy) is 1. The third kappa shape index (κ3) is 1.73. The standard InChI is InChI=1S/C9H15N3O/c1-10-6-9-11-3-4-12(9)8-2-5-13-7-8/h3-4,8,10H,2,5-7H2,1H3. The molecule has 1 unspecified atom stereocenters. The van der Waals surface area contributed by atoms with Crippen LogP contribution in [0.5, 0.6) is 0 Å². The van der Waals surface area contributed by atoms with Crippen molar-refractivity contribution in [3.63, 3.8) is 0 Å². The van der Waals surface area contributed by atoms with Gasteiger partial charge in [-0.25, -0.2) is 4.98 Å². The summed E-state index contributed by atoms with van der Waals surface area (Å²) >= 11 is 0. The number of hydrogen-bond acceptors (Lipinski definition) is 3. The first-order valence-corrected chi connectivity index (χ1v) is 4.66. The maximum absolute atomic E-state index is 5.35. The van der Waals surface area contributed by atoms with Crippen molar-refractivity contribution in [3.8, 4) is 0 Å². The monoisotopic (exact) mass is 181 g/mol. The van der Waals surface area contributed by atoms with Crippen molar-refractivity contribution < 1.29 is 4.74 Å². The number of nitrogens with one attached hydrogen (secondary N) is 1. The van der Waals surface area contributed by atoms with Gasteiger partial charge in [-0.05, 0) is 13.5 Å². The highest BCUT2D eigenvalue weighted by molar-refractivity contribution is 4.95. The topological polar surface area (TPSA) is 39.1 Å². The summed E-state index contributed by atoms with van der Waals surface area (Å²) in [6.45, 7) is 2.53. The molecule has 1 aliphatic heterocycles. The zero-order chi connectivity index (χ0) is 9.10. The van der Waals surface area contributed by atoms with Crippen molar-refractivity contribution in [3.05, 3.63) is 18.2 Å². The average Bonchev–Trinajstić information content (AvgIpc) is 2.71. The third-order valence-corrected chi connectivity index (χ3v) is 2.38. The van der Waals surface area contributed by atoms with Gasteiger partial charge < -0.3 is 14.6 Å². The van der Waals surface area contributed by atoms with E-state index in [4.69, 9.17) is 4.74 Å². The van der Waals surface area contributed by atoms with E-state index in [-0.39, 0.29) is 0 Å². The van der Waals surface area contributed by atoms with Crippen molar-refractivity contribution >= 4 is 0 Å². The predicted octanol–water partition coefficient (Wildman–Crippen LogP) is 0.564. The summed E-state index contributed by atoms with van der Waals surface area (Å²) in [4.78, 5) is 4.30. The zero-order valence-electron chi connectivity index (χ0n) is 7.86. The second kappa shape index (κ2) is 3.89. The largest absolute Gasteiger partial charge is 0.379 e. The average molecular weight is 181 g/mol. The predicted molar refractivity (Wildman–Crippen MR) is 49.5 cm³/mol. The number of aromatic nitrogens is 2. The zero-order valence-corrected chi connectivity index (χ0v) is 7.86. The molecule has 0 bridgehead atoms. The highest BCUT2D eigenvalue weighted by Gasteiger charge is 2.19. The molecule has 0 saturated carbocycles. The van der Waals surface area contributed by atoms with E-state index in [1.54, 1.807) is 0 Å². The molecular formula is C9H15N3O. The van der Waals surface area contributed by atoms with Crippen LogP contribution in [0.15, 0.2) is 12.4 Å². The Hall–Kier alpha value is -0.870. The Morgan fingerprint density at radius 2 is 2.69 bits per heavy atom. The first kappa shape index (κ1) is 8.72. The Kier molecular flexibility index (Phi) is 2.61. The van der Waals surface area contributed by atoms with Gasteiger partial charge in [-0.1, -0.05) is 0 Å². The lowest BCUT2D eigenvalue weighted by molar-refractivity contribution is 0.186. The molecule has 0 aliphatic carbocycles. The number of rotatable bonds is 3. The lowest BCUT2D eigenvalue weighted by atomic mass is 10.2. The molecular weight excluding hydrogens is 166 g/mol. The van der Waals surface area contributed by atoms with E-state index in [9.17, 15) is 0 Å². The minimum Gasteiger partial charge on any atom is -0.379 e. The molecule has 4 heteroatoms. The molecule has 0 spiro atoms.